The van der Waals surface area contributed by atoms with Gasteiger partial charge < -0.3 is 30.9 Å². The first-order valence-electron chi connectivity index (χ1n) is 12.2. The van der Waals surface area contributed by atoms with E-state index in [-0.39, 0.29) is 23.2 Å². The SMILES string of the molecule is Cc1ccc(NC(=O)c2ccc(CN3CCN(C)CC3)cc2)cc1N=C1NN([O-])c2ccccc2N1[O-]. The fraction of sp³-hybridized carbons (Fsp3) is 0.259. The lowest BCUT2D eigenvalue weighted by molar-refractivity contribution is 0.102. The number of hydrazine groups is 1. The van der Waals surface area contributed by atoms with Gasteiger partial charge in [0.15, 0.2) is 0 Å². The summed E-state index contributed by atoms with van der Waals surface area (Å²) in [6.45, 7) is 6.92. The van der Waals surface area contributed by atoms with Crippen LogP contribution in [0, 0.1) is 17.3 Å². The number of anilines is 3. The largest absolute Gasteiger partial charge is 0.752 e. The molecule has 37 heavy (non-hydrogen) atoms. The van der Waals surface area contributed by atoms with Gasteiger partial charge in [0.2, 0.25) is 5.96 Å². The number of guanidine groups is 1. The predicted octanol–water partition coefficient (Wildman–Crippen LogP) is 3.81. The molecule has 10 nitrogen and oxygen atoms in total. The predicted molar refractivity (Wildman–Crippen MR) is 147 cm³/mol. The first-order chi connectivity index (χ1) is 17.9. The van der Waals surface area contributed by atoms with Gasteiger partial charge in [-0.15, -0.1) is 0 Å². The van der Waals surface area contributed by atoms with Crippen molar-refractivity contribution in [2.75, 3.05) is 48.8 Å². The van der Waals surface area contributed by atoms with Crippen molar-refractivity contribution in [1.29, 1.82) is 0 Å². The number of piperazine rings is 1. The van der Waals surface area contributed by atoms with Gasteiger partial charge in [-0.25, -0.2) is 4.99 Å². The van der Waals surface area contributed by atoms with Gasteiger partial charge in [0.05, 0.1) is 17.1 Å². The number of carbonyl (C=O) groups excluding carboxylic acids is 1. The topological polar surface area (TPSA) is 113 Å². The van der Waals surface area contributed by atoms with E-state index in [4.69, 9.17) is 0 Å². The van der Waals surface area contributed by atoms with Gasteiger partial charge in [-0.3, -0.25) is 15.1 Å². The van der Waals surface area contributed by atoms with Gasteiger partial charge in [-0.2, -0.15) is 0 Å². The Bertz CT molecular complexity index is 1300. The Morgan fingerprint density at radius 3 is 2.41 bits per heavy atom. The van der Waals surface area contributed by atoms with Crippen molar-refractivity contribution in [1.82, 2.24) is 15.2 Å². The maximum Gasteiger partial charge on any atom is 0.255 e. The van der Waals surface area contributed by atoms with Crippen LogP contribution in [0.3, 0.4) is 0 Å². The lowest BCUT2D eigenvalue weighted by Gasteiger charge is -2.46. The highest BCUT2D eigenvalue weighted by atomic mass is 16.6. The summed E-state index contributed by atoms with van der Waals surface area (Å²) in [4.78, 5) is 22.0. The van der Waals surface area contributed by atoms with Crippen molar-refractivity contribution < 1.29 is 4.79 Å². The number of hydroxylamine groups is 1. The molecule has 1 amide bonds. The molecular formula is C27H29N7O3-2. The summed E-state index contributed by atoms with van der Waals surface area (Å²) in [6, 6.07) is 19.4. The molecule has 0 unspecified atom stereocenters. The molecule has 5 rings (SSSR count). The van der Waals surface area contributed by atoms with E-state index < -0.39 is 0 Å². The van der Waals surface area contributed by atoms with Crippen LogP contribution in [-0.4, -0.2) is 54.9 Å². The van der Waals surface area contributed by atoms with Crippen molar-refractivity contribution in [3.05, 3.63) is 93.8 Å². The van der Waals surface area contributed by atoms with Gasteiger partial charge in [-0.05, 0) is 61.5 Å². The number of benzene rings is 3. The summed E-state index contributed by atoms with van der Waals surface area (Å²) in [7, 11) is 2.14. The molecule has 2 aliphatic rings. The molecule has 192 valence electrons. The molecule has 2 aliphatic heterocycles. The highest BCUT2D eigenvalue weighted by Gasteiger charge is 2.18. The molecule has 1 fully saturated rings. The van der Waals surface area contributed by atoms with E-state index in [1.54, 1.807) is 42.5 Å². The molecule has 2 heterocycles. The second kappa shape index (κ2) is 10.6. The molecule has 0 spiro atoms. The summed E-state index contributed by atoms with van der Waals surface area (Å²) < 4.78 is 0. The van der Waals surface area contributed by atoms with Crippen molar-refractivity contribution in [2.45, 2.75) is 13.5 Å². The Balaban J connectivity index is 1.27. The Labute approximate surface area is 215 Å². The van der Waals surface area contributed by atoms with E-state index in [1.807, 2.05) is 31.2 Å². The third-order valence-corrected chi connectivity index (χ3v) is 6.62. The number of nitrogens with one attached hydrogen (secondary N) is 2. The fourth-order valence-corrected chi connectivity index (χ4v) is 4.34. The minimum Gasteiger partial charge on any atom is -0.752 e. The average molecular weight is 500 g/mol. The quantitative estimate of drug-likeness (QED) is 0.545. The number of hydrogen-bond donors (Lipinski definition) is 2. The van der Waals surface area contributed by atoms with E-state index in [1.165, 1.54) is 5.56 Å². The number of likely N-dealkylation sites (N-methyl/N-ethyl adjacent to an activating group) is 1. The number of amides is 1. The number of carbonyl (C=O) groups is 1. The van der Waals surface area contributed by atoms with Crippen LogP contribution < -0.4 is 21.0 Å². The molecule has 0 bridgehead atoms. The molecule has 0 aliphatic carbocycles. The van der Waals surface area contributed by atoms with Crippen LogP contribution in [0.5, 0.6) is 0 Å². The molecule has 0 radical (unpaired) electrons. The normalized spacial score (nSPS) is 17.5. The zero-order valence-corrected chi connectivity index (χ0v) is 20.8. The van der Waals surface area contributed by atoms with Gasteiger partial charge in [-0.1, -0.05) is 30.3 Å². The molecule has 3 aromatic carbocycles. The van der Waals surface area contributed by atoms with Crippen LogP contribution in [0.4, 0.5) is 22.7 Å². The van der Waals surface area contributed by atoms with Crippen LogP contribution in [-0.2, 0) is 6.54 Å². The standard InChI is InChI=1S/C27H29N7O3/c1-19-7-12-22(17-23(19)29-27-30-34(37)25-6-4-3-5-24(25)33(27)36)28-26(35)21-10-8-20(9-11-21)18-32-15-13-31(2)14-16-32/h3-12,17H,13-16,18H2,1-2H3,(H,28,35)(H,29,30)/q-2. The molecule has 0 atom stereocenters. The Kier molecular flexibility index (Phi) is 7.06. The molecule has 0 aromatic heterocycles. The lowest BCUT2D eigenvalue weighted by Crippen LogP contribution is -2.50. The maximum atomic E-state index is 12.9. The van der Waals surface area contributed by atoms with Gasteiger partial charge >= 0.3 is 0 Å². The van der Waals surface area contributed by atoms with Crippen LogP contribution in [0.25, 0.3) is 0 Å². The number of fused-ring (bicyclic) bond motifs is 1. The second-order valence-electron chi connectivity index (χ2n) is 9.36. The van der Waals surface area contributed by atoms with E-state index in [0.717, 1.165) is 38.3 Å². The Morgan fingerprint density at radius 2 is 1.68 bits per heavy atom. The molecule has 2 N–H and O–H groups in total. The first kappa shape index (κ1) is 24.7. The third-order valence-electron chi connectivity index (χ3n) is 6.62. The lowest BCUT2D eigenvalue weighted by atomic mass is 10.1. The minimum atomic E-state index is -0.241. The van der Waals surface area contributed by atoms with Crippen LogP contribution in [0.1, 0.15) is 21.5 Å². The van der Waals surface area contributed by atoms with Gasteiger partial charge in [0.25, 0.3) is 5.91 Å². The molecular weight excluding hydrogens is 470 g/mol. The molecule has 0 saturated carbocycles. The summed E-state index contributed by atoms with van der Waals surface area (Å²) >= 11 is 0. The molecule has 3 aromatic rings. The first-order valence-corrected chi connectivity index (χ1v) is 12.2. The number of nitrogens with zero attached hydrogens (tertiary/aromatic N) is 5. The molecule has 10 heteroatoms. The maximum absolute atomic E-state index is 12.9. The van der Waals surface area contributed by atoms with Crippen molar-refractivity contribution >= 4 is 34.6 Å². The summed E-state index contributed by atoms with van der Waals surface area (Å²) in [6.07, 6.45) is 0. The van der Waals surface area contributed by atoms with Gasteiger partial charge in [0, 0.05) is 44.0 Å². The second-order valence-corrected chi connectivity index (χ2v) is 9.36. The van der Waals surface area contributed by atoms with E-state index in [0.29, 0.717) is 27.2 Å². The van der Waals surface area contributed by atoms with Crippen LogP contribution in [0.15, 0.2) is 71.7 Å². The minimum absolute atomic E-state index is 0.156. The summed E-state index contributed by atoms with van der Waals surface area (Å²) in [5.74, 6) is -0.397. The highest BCUT2D eigenvalue weighted by molar-refractivity contribution is 6.06. The average Bonchev–Trinajstić information content (AvgIpc) is 2.91. The Hall–Kier alpha value is -3.96. The van der Waals surface area contributed by atoms with E-state index in [2.05, 4.69) is 32.6 Å². The van der Waals surface area contributed by atoms with Crippen molar-refractivity contribution in [3.8, 4) is 0 Å². The van der Waals surface area contributed by atoms with Crippen molar-refractivity contribution in [3.63, 3.8) is 0 Å². The smallest absolute Gasteiger partial charge is 0.255 e. The number of aryl methyl sites for hydroxylation is 1. The van der Waals surface area contributed by atoms with Gasteiger partial charge in [0.1, 0.15) is 0 Å². The monoisotopic (exact) mass is 499 g/mol. The van der Waals surface area contributed by atoms with E-state index in [9.17, 15) is 15.2 Å². The zero-order valence-electron chi connectivity index (χ0n) is 20.8. The van der Waals surface area contributed by atoms with Crippen LogP contribution >= 0.6 is 0 Å². The fourth-order valence-electron chi connectivity index (χ4n) is 4.34. The number of aliphatic imine (C=N–C) groups is 1. The number of hydrogen-bond acceptors (Lipinski definition) is 7. The number of rotatable bonds is 5. The van der Waals surface area contributed by atoms with Crippen molar-refractivity contribution in [2.24, 2.45) is 4.99 Å². The third kappa shape index (κ3) is 5.57. The zero-order chi connectivity index (χ0) is 25.9. The summed E-state index contributed by atoms with van der Waals surface area (Å²) in [5, 5.41) is 29.1. The Morgan fingerprint density at radius 1 is 0.973 bits per heavy atom. The molecule has 1 saturated heterocycles. The van der Waals surface area contributed by atoms with E-state index >= 15 is 0 Å². The highest BCUT2D eigenvalue weighted by Crippen LogP contribution is 2.32. The summed E-state index contributed by atoms with van der Waals surface area (Å²) in [5.41, 5.74) is 6.37. The number of para-hydroxylation sites is 2. The van der Waals surface area contributed by atoms with Crippen LogP contribution in [0.2, 0.25) is 0 Å².